The maximum Gasteiger partial charge on any atom is 0.311 e. The topological polar surface area (TPSA) is 152 Å². The number of likely N-dealkylation sites (N-methyl/N-ethyl adjacent to an activating group) is 1. The summed E-state index contributed by atoms with van der Waals surface area (Å²) in [6, 6.07) is -0.0782. The van der Waals surface area contributed by atoms with Crippen LogP contribution in [0.4, 0.5) is 0 Å². The van der Waals surface area contributed by atoms with Crippen molar-refractivity contribution in [3.8, 4) is 0 Å². The lowest BCUT2D eigenvalue weighted by molar-refractivity contribution is -0.317. The van der Waals surface area contributed by atoms with Crippen molar-refractivity contribution in [1.29, 1.82) is 0 Å². The predicted octanol–water partition coefficient (Wildman–Crippen LogP) is 4.53. The number of cyclic esters (lactones) is 1. The minimum absolute atomic E-state index is 0.164. The number of hydrogen-bond donors (Lipinski definition) is 2. The van der Waals surface area contributed by atoms with Crippen molar-refractivity contribution in [3.63, 3.8) is 0 Å². The second-order valence-corrected chi connectivity index (χ2v) is 17.1. The monoisotopic (exact) mass is 755 g/mol. The summed E-state index contributed by atoms with van der Waals surface area (Å²) in [6.45, 7) is 22.5. The second-order valence-electron chi connectivity index (χ2n) is 17.1. The molecule has 0 amide bonds. The third kappa shape index (κ3) is 8.54. The van der Waals surface area contributed by atoms with Crippen LogP contribution in [0.5, 0.6) is 0 Å². The number of Topliss-reactive ketones (excluding diaryl/α,β-unsaturated/α-hetero) is 1. The Kier molecular flexibility index (Phi) is 14.0. The summed E-state index contributed by atoms with van der Waals surface area (Å²) >= 11 is 0. The Morgan fingerprint density at radius 2 is 1.62 bits per heavy atom. The SMILES string of the molecule is CC[C@H]1OC(=O)[C@H](C)[C@@H](OC2C[C@@](C)(OC)[C@@H](O)[C@H](C)O2)[C@H](C)[C@@H](O[C@@H]2O[C@H](C)C[C@H](N(C)C(C)C)[C@H]2O)C2(C)CC(C)=C(O2)[C@H](C)C(=O)[C@]1(C)OC. The van der Waals surface area contributed by atoms with Gasteiger partial charge in [0.05, 0.1) is 35.7 Å². The average Bonchev–Trinajstić information content (AvgIpc) is 3.43. The van der Waals surface area contributed by atoms with Crippen molar-refractivity contribution in [2.24, 2.45) is 17.8 Å². The number of aliphatic hydroxyl groups excluding tert-OH is 2. The van der Waals surface area contributed by atoms with E-state index in [1.807, 2.05) is 41.7 Å². The Bertz CT molecular complexity index is 1330. The summed E-state index contributed by atoms with van der Waals surface area (Å²) < 4.78 is 51.1. The van der Waals surface area contributed by atoms with Gasteiger partial charge in [-0.3, -0.25) is 14.5 Å². The molecule has 2 unspecified atom stereocenters. The van der Waals surface area contributed by atoms with Crippen LogP contribution in [0, 0.1) is 17.8 Å². The molecule has 0 spiro atoms. The van der Waals surface area contributed by atoms with E-state index in [0.717, 1.165) is 5.57 Å². The van der Waals surface area contributed by atoms with Crippen molar-refractivity contribution < 1.29 is 57.7 Å². The molecule has 13 heteroatoms. The van der Waals surface area contributed by atoms with Crippen LogP contribution >= 0.6 is 0 Å². The summed E-state index contributed by atoms with van der Waals surface area (Å²) in [5, 5.41) is 22.8. The van der Waals surface area contributed by atoms with Crippen LogP contribution in [0.3, 0.4) is 0 Å². The Hall–Kier alpha value is -1.68. The summed E-state index contributed by atoms with van der Waals surface area (Å²) in [4.78, 5) is 30.8. The maximum atomic E-state index is 14.4. The minimum atomic E-state index is -1.48. The van der Waals surface area contributed by atoms with Crippen LogP contribution in [-0.2, 0) is 47.5 Å². The number of hydrogen-bond acceptors (Lipinski definition) is 13. The van der Waals surface area contributed by atoms with E-state index in [2.05, 4.69) is 18.7 Å². The van der Waals surface area contributed by atoms with Crippen LogP contribution in [0.2, 0.25) is 0 Å². The van der Waals surface area contributed by atoms with Crippen molar-refractivity contribution in [3.05, 3.63) is 11.3 Å². The molecule has 306 valence electrons. The van der Waals surface area contributed by atoms with E-state index >= 15 is 0 Å². The number of methoxy groups -OCH3 is 2. The molecule has 2 bridgehead atoms. The van der Waals surface area contributed by atoms with E-state index in [9.17, 15) is 19.8 Å². The minimum Gasteiger partial charge on any atom is -0.488 e. The van der Waals surface area contributed by atoms with E-state index in [1.165, 1.54) is 14.2 Å². The standard InChI is InChI=1S/C40H69NO12/c1-16-28-40(12,47-15)33(43)23(6)31-21(4)18-39(11,53-31)35(52-37-30(42)27(17-22(5)48-37)41(13)20(2)3)24(7)32(25(8)36(45)50-28)51-29-19-38(10,46-14)34(44)26(9)49-29/h20,22-30,32,34-35,37,42,44H,16-19H2,1-15H3/t22-,23+,24+,25-,26+,27+,28-,29?,30-,32+,34+,35-,37+,38-,39?,40-/m1/s1. The smallest absolute Gasteiger partial charge is 0.311 e. The molecule has 16 atom stereocenters. The molecule has 2 N–H and O–H groups in total. The highest BCUT2D eigenvalue weighted by molar-refractivity contribution is 5.92. The van der Waals surface area contributed by atoms with Gasteiger partial charge in [-0.1, -0.05) is 13.8 Å². The molecular weight excluding hydrogens is 686 g/mol. The number of esters is 1. The molecule has 3 fully saturated rings. The number of allylic oxidation sites excluding steroid dienone is 1. The molecule has 0 aromatic rings. The third-order valence-corrected chi connectivity index (χ3v) is 12.8. The molecule has 4 aliphatic heterocycles. The molecule has 4 aliphatic rings. The zero-order chi connectivity index (χ0) is 40.0. The van der Waals surface area contributed by atoms with Gasteiger partial charge in [-0.15, -0.1) is 0 Å². The van der Waals surface area contributed by atoms with Crippen molar-refractivity contribution in [2.45, 2.75) is 193 Å². The van der Waals surface area contributed by atoms with Crippen LogP contribution < -0.4 is 0 Å². The van der Waals surface area contributed by atoms with Gasteiger partial charge in [-0.05, 0) is 94.7 Å². The molecule has 4 rings (SSSR count). The number of rotatable bonds is 9. The normalized spacial score (nSPS) is 46.1. The van der Waals surface area contributed by atoms with Gasteiger partial charge < -0.3 is 48.1 Å². The fourth-order valence-corrected chi connectivity index (χ4v) is 9.05. The van der Waals surface area contributed by atoms with E-state index in [4.69, 9.17) is 37.9 Å². The number of ketones is 1. The molecular formula is C40H69NO12. The molecule has 0 aromatic carbocycles. The summed E-state index contributed by atoms with van der Waals surface area (Å²) in [6.07, 6.45) is -5.84. The third-order valence-electron chi connectivity index (χ3n) is 12.8. The average molecular weight is 756 g/mol. The number of aliphatic hydroxyl groups is 2. The zero-order valence-electron chi connectivity index (χ0n) is 34.8. The molecule has 0 aromatic heterocycles. The van der Waals surface area contributed by atoms with Crippen molar-refractivity contribution in [2.75, 3.05) is 21.3 Å². The molecule has 53 heavy (non-hydrogen) atoms. The number of nitrogens with zero attached hydrogens (tertiary/aromatic N) is 1. The quantitative estimate of drug-likeness (QED) is 0.318. The lowest BCUT2D eigenvalue weighted by atomic mass is 9.79. The van der Waals surface area contributed by atoms with Gasteiger partial charge in [0.25, 0.3) is 0 Å². The first-order chi connectivity index (χ1) is 24.6. The Balaban J connectivity index is 1.86. The van der Waals surface area contributed by atoms with Crippen molar-refractivity contribution in [1.82, 2.24) is 4.90 Å². The van der Waals surface area contributed by atoms with Gasteiger partial charge in [0, 0.05) is 45.1 Å². The lowest BCUT2D eigenvalue weighted by Gasteiger charge is -2.49. The fourth-order valence-electron chi connectivity index (χ4n) is 9.05. The van der Waals surface area contributed by atoms with Gasteiger partial charge in [-0.2, -0.15) is 0 Å². The highest BCUT2D eigenvalue weighted by atomic mass is 16.7. The number of ether oxygens (including phenoxy) is 8. The largest absolute Gasteiger partial charge is 0.488 e. The van der Waals surface area contributed by atoms with Gasteiger partial charge in [0.1, 0.15) is 35.8 Å². The molecule has 13 nitrogen and oxygen atoms in total. The van der Waals surface area contributed by atoms with Gasteiger partial charge in [-0.25, -0.2) is 0 Å². The Labute approximate surface area is 317 Å². The van der Waals surface area contributed by atoms with Gasteiger partial charge >= 0.3 is 5.97 Å². The molecule has 4 heterocycles. The fraction of sp³-hybridized carbons (Fsp3) is 0.900. The lowest BCUT2D eigenvalue weighted by Crippen LogP contribution is -2.61. The predicted molar refractivity (Wildman–Crippen MR) is 197 cm³/mol. The maximum absolute atomic E-state index is 14.4. The molecule has 0 aliphatic carbocycles. The highest BCUT2D eigenvalue weighted by Crippen LogP contribution is 2.47. The first kappa shape index (κ1) is 44.0. The second kappa shape index (κ2) is 16.8. The molecule has 3 saturated heterocycles. The van der Waals surface area contributed by atoms with E-state index < -0.39 is 89.7 Å². The van der Waals surface area contributed by atoms with Crippen LogP contribution in [-0.4, -0.2) is 132 Å². The molecule has 0 radical (unpaired) electrons. The van der Waals surface area contributed by atoms with Crippen LogP contribution in [0.15, 0.2) is 11.3 Å². The van der Waals surface area contributed by atoms with E-state index in [-0.39, 0.29) is 30.4 Å². The Morgan fingerprint density at radius 1 is 0.981 bits per heavy atom. The van der Waals surface area contributed by atoms with E-state index in [0.29, 0.717) is 25.0 Å². The number of carbonyl (C=O) groups excluding carboxylic acids is 2. The van der Waals surface area contributed by atoms with Crippen LogP contribution in [0.1, 0.15) is 109 Å². The number of carbonyl (C=O) groups is 2. The zero-order valence-corrected chi connectivity index (χ0v) is 34.8. The Morgan fingerprint density at radius 3 is 2.19 bits per heavy atom. The summed E-state index contributed by atoms with van der Waals surface area (Å²) in [5.41, 5.74) is -2.66. The first-order valence-electron chi connectivity index (χ1n) is 19.5. The molecule has 0 saturated carbocycles. The summed E-state index contributed by atoms with van der Waals surface area (Å²) in [5.74, 6) is -2.59. The van der Waals surface area contributed by atoms with Gasteiger partial charge in [0.15, 0.2) is 24.0 Å². The van der Waals surface area contributed by atoms with E-state index in [1.54, 1.807) is 34.6 Å². The van der Waals surface area contributed by atoms with Gasteiger partial charge in [0.2, 0.25) is 0 Å². The summed E-state index contributed by atoms with van der Waals surface area (Å²) in [7, 11) is 4.97. The number of fused-ring (bicyclic) bond motifs is 2. The van der Waals surface area contributed by atoms with Crippen LogP contribution in [0.25, 0.3) is 0 Å². The first-order valence-corrected chi connectivity index (χ1v) is 19.5. The highest BCUT2D eigenvalue weighted by Gasteiger charge is 2.56. The van der Waals surface area contributed by atoms with Crippen molar-refractivity contribution >= 4 is 11.8 Å².